The zero-order chi connectivity index (χ0) is 24.7. The molecule has 2 heterocycles. The molecule has 4 aromatic rings. The molecular weight excluding hydrogens is 450 g/mol. The standard InChI is InChI=1S/C29H29N5O2/c35-27(30-23-12-6-2-7-13-23)21-33-18-16-24(17-19-33)31-29(36)26-20-34(25-14-8-3-9-15-25)32-28(26)22-10-4-1-5-11-22/h1-15,20,24H,16-19,21H2,(H,30,35)(H,31,36). The van der Waals surface area contributed by atoms with E-state index in [2.05, 4.69) is 15.5 Å². The number of likely N-dealkylation sites (tertiary alicyclic amines) is 1. The second-order valence-electron chi connectivity index (χ2n) is 8.98. The predicted octanol–water partition coefficient (Wildman–Crippen LogP) is 4.37. The number of aromatic nitrogens is 2. The SMILES string of the molecule is O=C(CN1CCC(NC(=O)c2cn(-c3ccccc3)nc2-c2ccccc2)CC1)Nc1ccccc1. The summed E-state index contributed by atoms with van der Waals surface area (Å²) in [5.74, 6) is -0.152. The third-order valence-corrected chi connectivity index (χ3v) is 6.37. The van der Waals surface area contributed by atoms with E-state index in [1.165, 1.54) is 0 Å². The number of nitrogens with zero attached hydrogens (tertiary/aromatic N) is 3. The fraction of sp³-hybridized carbons (Fsp3) is 0.207. The molecule has 0 aliphatic carbocycles. The molecule has 1 saturated heterocycles. The first-order valence-corrected chi connectivity index (χ1v) is 12.2. The smallest absolute Gasteiger partial charge is 0.255 e. The van der Waals surface area contributed by atoms with Gasteiger partial charge in [-0.2, -0.15) is 5.10 Å². The van der Waals surface area contributed by atoms with Crippen LogP contribution in [-0.4, -0.2) is 52.2 Å². The summed E-state index contributed by atoms with van der Waals surface area (Å²) in [4.78, 5) is 27.9. The number of hydrogen-bond donors (Lipinski definition) is 2. The van der Waals surface area contributed by atoms with Gasteiger partial charge in [-0.15, -0.1) is 0 Å². The topological polar surface area (TPSA) is 79.3 Å². The monoisotopic (exact) mass is 479 g/mol. The van der Waals surface area contributed by atoms with E-state index in [0.29, 0.717) is 17.8 Å². The third kappa shape index (κ3) is 5.70. The van der Waals surface area contributed by atoms with E-state index in [-0.39, 0.29) is 17.9 Å². The Morgan fingerprint density at radius 3 is 2.11 bits per heavy atom. The summed E-state index contributed by atoms with van der Waals surface area (Å²) in [5, 5.41) is 10.9. The normalized spacial score (nSPS) is 14.3. The van der Waals surface area contributed by atoms with Crippen molar-refractivity contribution >= 4 is 17.5 Å². The van der Waals surface area contributed by atoms with Gasteiger partial charge in [-0.25, -0.2) is 4.68 Å². The van der Waals surface area contributed by atoms with Crippen molar-refractivity contribution in [2.45, 2.75) is 18.9 Å². The van der Waals surface area contributed by atoms with E-state index >= 15 is 0 Å². The molecule has 36 heavy (non-hydrogen) atoms. The Hall–Kier alpha value is -4.23. The van der Waals surface area contributed by atoms with Gasteiger partial charge in [-0.3, -0.25) is 14.5 Å². The van der Waals surface area contributed by atoms with E-state index in [1.54, 1.807) is 10.9 Å². The molecule has 0 saturated carbocycles. The van der Waals surface area contributed by atoms with Crippen molar-refractivity contribution < 1.29 is 9.59 Å². The molecular formula is C29H29N5O2. The number of hydrogen-bond acceptors (Lipinski definition) is 4. The van der Waals surface area contributed by atoms with Gasteiger partial charge in [0, 0.05) is 36.6 Å². The summed E-state index contributed by atoms with van der Waals surface area (Å²) in [6.07, 6.45) is 3.38. The molecule has 0 radical (unpaired) electrons. The van der Waals surface area contributed by atoms with E-state index in [4.69, 9.17) is 5.10 Å². The van der Waals surface area contributed by atoms with Crippen molar-refractivity contribution in [3.8, 4) is 16.9 Å². The molecule has 1 aliphatic heterocycles. The Morgan fingerprint density at radius 2 is 1.44 bits per heavy atom. The molecule has 1 aromatic heterocycles. The van der Waals surface area contributed by atoms with Gasteiger partial charge in [0.1, 0.15) is 5.69 Å². The average Bonchev–Trinajstić information content (AvgIpc) is 3.37. The van der Waals surface area contributed by atoms with Gasteiger partial charge in [0.2, 0.25) is 5.91 Å². The van der Waals surface area contributed by atoms with Crippen molar-refractivity contribution in [3.05, 3.63) is 103 Å². The largest absolute Gasteiger partial charge is 0.349 e. The molecule has 7 heteroatoms. The summed E-state index contributed by atoms with van der Waals surface area (Å²) in [6.45, 7) is 1.85. The van der Waals surface area contributed by atoms with Crippen LogP contribution in [0.1, 0.15) is 23.2 Å². The van der Waals surface area contributed by atoms with Crippen LogP contribution in [0.2, 0.25) is 0 Å². The van der Waals surface area contributed by atoms with Crippen molar-refractivity contribution in [2.24, 2.45) is 0 Å². The lowest BCUT2D eigenvalue weighted by atomic mass is 10.0. The van der Waals surface area contributed by atoms with Gasteiger partial charge < -0.3 is 10.6 Å². The molecule has 0 spiro atoms. The quantitative estimate of drug-likeness (QED) is 0.413. The van der Waals surface area contributed by atoms with Crippen LogP contribution >= 0.6 is 0 Å². The van der Waals surface area contributed by atoms with Crippen LogP contribution in [0, 0.1) is 0 Å². The van der Waals surface area contributed by atoms with Crippen LogP contribution in [0.4, 0.5) is 5.69 Å². The number of nitrogens with one attached hydrogen (secondary N) is 2. The summed E-state index contributed by atoms with van der Waals surface area (Å²) in [6, 6.07) is 29.1. The number of piperidine rings is 1. The minimum Gasteiger partial charge on any atom is -0.349 e. The lowest BCUT2D eigenvalue weighted by Crippen LogP contribution is -2.46. The number of carbonyl (C=O) groups is 2. The Bertz CT molecular complexity index is 1300. The highest BCUT2D eigenvalue weighted by Crippen LogP contribution is 2.24. The zero-order valence-electron chi connectivity index (χ0n) is 20.0. The summed E-state index contributed by atoms with van der Waals surface area (Å²) in [5.41, 5.74) is 3.81. The number of carbonyl (C=O) groups excluding carboxylic acids is 2. The number of benzene rings is 3. The highest BCUT2D eigenvalue weighted by molar-refractivity contribution is 6.00. The average molecular weight is 480 g/mol. The lowest BCUT2D eigenvalue weighted by Gasteiger charge is -2.31. The van der Waals surface area contributed by atoms with Crippen molar-refractivity contribution in [2.75, 3.05) is 25.0 Å². The molecule has 0 bridgehead atoms. The first kappa shape index (κ1) is 23.5. The summed E-state index contributed by atoms with van der Waals surface area (Å²) in [7, 11) is 0. The number of amides is 2. The molecule has 3 aromatic carbocycles. The highest BCUT2D eigenvalue weighted by Gasteiger charge is 2.25. The van der Waals surface area contributed by atoms with Gasteiger partial charge >= 0.3 is 0 Å². The lowest BCUT2D eigenvalue weighted by molar-refractivity contribution is -0.117. The van der Waals surface area contributed by atoms with Gasteiger partial charge in [-0.1, -0.05) is 66.7 Å². The molecule has 0 unspecified atom stereocenters. The minimum atomic E-state index is -0.128. The number of para-hydroxylation sites is 2. The number of rotatable bonds is 7. The van der Waals surface area contributed by atoms with Crippen LogP contribution < -0.4 is 10.6 Å². The van der Waals surface area contributed by atoms with E-state index < -0.39 is 0 Å². The molecule has 182 valence electrons. The molecule has 5 rings (SSSR count). The maximum atomic E-state index is 13.4. The zero-order valence-corrected chi connectivity index (χ0v) is 20.0. The molecule has 1 aliphatic rings. The van der Waals surface area contributed by atoms with Gasteiger partial charge in [0.05, 0.1) is 17.8 Å². The molecule has 1 fully saturated rings. The summed E-state index contributed by atoms with van der Waals surface area (Å²) >= 11 is 0. The summed E-state index contributed by atoms with van der Waals surface area (Å²) < 4.78 is 1.76. The van der Waals surface area contributed by atoms with Crippen LogP contribution in [0.3, 0.4) is 0 Å². The first-order chi connectivity index (χ1) is 17.7. The van der Waals surface area contributed by atoms with Gasteiger partial charge in [-0.05, 0) is 37.1 Å². The van der Waals surface area contributed by atoms with Crippen molar-refractivity contribution in [1.82, 2.24) is 20.0 Å². The third-order valence-electron chi connectivity index (χ3n) is 6.37. The second kappa shape index (κ2) is 11.0. The molecule has 2 N–H and O–H groups in total. The number of anilines is 1. The van der Waals surface area contributed by atoms with E-state index in [0.717, 1.165) is 42.9 Å². The second-order valence-corrected chi connectivity index (χ2v) is 8.98. The molecule has 2 amide bonds. The fourth-order valence-electron chi connectivity index (χ4n) is 4.49. The van der Waals surface area contributed by atoms with Gasteiger partial charge in [0.25, 0.3) is 5.91 Å². The maximum Gasteiger partial charge on any atom is 0.255 e. The first-order valence-electron chi connectivity index (χ1n) is 12.2. The Balaban J connectivity index is 1.22. The Morgan fingerprint density at radius 1 is 0.833 bits per heavy atom. The van der Waals surface area contributed by atoms with E-state index in [1.807, 2.05) is 91.0 Å². The van der Waals surface area contributed by atoms with Crippen LogP contribution in [0.5, 0.6) is 0 Å². The highest BCUT2D eigenvalue weighted by atomic mass is 16.2. The van der Waals surface area contributed by atoms with Crippen LogP contribution in [-0.2, 0) is 4.79 Å². The van der Waals surface area contributed by atoms with E-state index in [9.17, 15) is 9.59 Å². The molecule has 0 atom stereocenters. The van der Waals surface area contributed by atoms with Crippen LogP contribution in [0.25, 0.3) is 16.9 Å². The Labute approximate surface area is 210 Å². The fourth-order valence-corrected chi connectivity index (χ4v) is 4.49. The van der Waals surface area contributed by atoms with Gasteiger partial charge in [0.15, 0.2) is 0 Å². The minimum absolute atomic E-state index is 0.0236. The Kier molecular flexibility index (Phi) is 7.19. The van der Waals surface area contributed by atoms with Crippen LogP contribution in [0.15, 0.2) is 97.2 Å². The molecule has 7 nitrogen and oxygen atoms in total. The van der Waals surface area contributed by atoms with Crippen molar-refractivity contribution in [1.29, 1.82) is 0 Å². The predicted molar refractivity (Wildman–Crippen MR) is 141 cm³/mol. The van der Waals surface area contributed by atoms with Crippen molar-refractivity contribution in [3.63, 3.8) is 0 Å². The maximum absolute atomic E-state index is 13.4.